The van der Waals surface area contributed by atoms with Gasteiger partial charge in [0.05, 0.1) is 15.9 Å². The van der Waals surface area contributed by atoms with E-state index in [0.717, 1.165) is 36.7 Å². The molecular formula is C27H33Cl2N5O4S. The van der Waals surface area contributed by atoms with Crippen LogP contribution in [-0.4, -0.2) is 70.5 Å². The van der Waals surface area contributed by atoms with Gasteiger partial charge in [-0.15, -0.1) is 0 Å². The summed E-state index contributed by atoms with van der Waals surface area (Å²) < 4.78 is 28.4. The Balaban J connectivity index is 1.80. The number of anilines is 1. The van der Waals surface area contributed by atoms with E-state index < -0.39 is 21.0 Å². The molecule has 0 saturated carbocycles. The lowest BCUT2D eigenvalue weighted by Gasteiger charge is -2.21. The van der Waals surface area contributed by atoms with Crippen LogP contribution < -0.4 is 10.0 Å². The molecule has 0 radical (unpaired) electrons. The Hall–Kier alpha value is -2.73. The van der Waals surface area contributed by atoms with Crippen molar-refractivity contribution in [2.24, 2.45) is 0 Å². The molecule has 0 aliphatic rings. The van der Waals surface area contributed by atoms with Gasteiger partial charge in [-0.2, -0.15) is 0 Å². The minimum Gasteiger partial charge on any atom is -0.369 e. The van der Waals surface area contributed by atoms with Crippen molar-refractivity contribution in [3.05, 3.63) is 98.0 Å². The number of likely N-dealkylation sites (N-methyl/N-ethyl adjacent to an activating group) is 1. The lowest BCUT2D eigenvalue weighted by molar-refractivity contribution is -0.384. The molecule has 3 aromatic rings. The van der Waals surface area contributed by atoms with Crippen molar-refractivity contribution in [3.8, 4) is 0 Å². The highest BCUT2D eigenvalue weighted by molar-refractivity contribution is 7.89. The quantitative estimate of drug-likeness (QED) is 0.194. The SMILES string of the molecule is CN(C)CCCN(C)CCNS(=O)(=O)c1ccc(NC(c2ccc(Cl)cc2)c2ccc(Cl)cc2)c([N+](=O)[O-])c1. The van der Waals surface area contributed by atoms with E-state index >= 15 is 0 Å². The molecule has 0 unspecified atom stereocenters. The number of hydrogen-bond acceptors (Lipinski definition) is 7. The molecule has 0 amide bonds. The maximum Gasteiger partial charge on any atom is 0.293 e. The molecule has 9 nitrogen and oxygen atoms in total. The van der Waals surface area contributed by atoms with Gasteiger partial charge in [-0.1, -0.05) is 47.5 Å². The van der Waals surface area contributed by atoms with Gasteiger partial charge in [0.15, 0.2) is 0 Å². The third-order valence-electron chi connectivity index (χ3n) is 6.11. The standard InChI is InChI=1S/C27H33Cl2N5O4S/c1-32(2)16-4-17-33(3)18-15-30-39(37,38)24-13-14-25(26(19-24)34(35)36)31-27(20-5-9-22(28)10-6-20)21-7-11-23(29)12-8-21/h5-14,19,27,30-31H,4,15-18H2,1-3H3. The first-order chi connectivity index (χ1) is 18.5. The lowest BCUT2D eigenvalue weighted by atomic mass is 9.98. The van der Waals surface area contributed by atoms with Gasteiger partial charge in [0.25, 0.3) is 5.69 Å². The molecule has 0 aromatic heterocycles. The highest BCUT2D eigenvalue weighted by Gasteiger charge is 2.24. The van der Waals surface area contributed by atoms with E-state index in [2.05, 4.69) is 14.9 Å². The molecule has 0 fully saturated rings. The fraction of sp³-hybridized carbons (Fsp3) is 0.333. The average molecular weight is 595 g/mol. The fourth-order valence-corrected chi connectivity index (χ4v) is 5.29. The third kappa shape index (κ3) is 9.16. The van der Waals surface area contributed by atoms with Crippen molar-refractivity contribution in [2.75, 3.05) is 52.6 Å². The third-order valence-corrected chi connectivity index (χ3v) is 8.08. The molecule has 0 aliphatic heterocycles. The smallest absolute Gasteiger partial charge is 0.293 e. The van der Waals surface area contributed by atoms with Gasteiger partial charge in [0.2, 0.25) is 10.0 Å². The summed E-state index contributed by atoms with van der Waals surface area (Å²) in [5.41, 5.74) is 1.44. The second-order valence-electron chi connectivity index (χ2n) is 9.47. The van der Waals surface area contributed by atoms with E-state index in [1.54, 1.807) is 24.3 Å². The van der Waals surface area contributed by atoms with Crippen molar-refractivity contribution in [1.29, 1.82) is 0 Å². The molecule has 12 heteroatoms. The normalized spacial score (nSPS) is 11.9. The highest BCUT2D eigenvalue weighted by Crippen LogP contribution is 2.34. The molecule has 3 aromatic carbocycles. The number of nitro groups is 1. The fourth-order valence-electron chi connectivity index (χ4n) is 4.00. The second kappa shape index (κ2) is 14.1. The van der Waals surface area contributed by atoms with Crippen molar-refractivity contribution in [3.63, 3.8) is 0 Å². The van der Waals surface area contributed by atoms with E-state index in [-0.39, 0.29) is 22.8 Å². The molecule has 0 heterocycles. The maximum absolute atomic E-state index is 12.9. The van der Waals surface area contributed by atoms with Crippen molar-refractivity contribution >= 4 is 44.6 Å². The van der Waals surface area contributed by atoms with Crippen LogP contribution in [0.25, 0.3) is 0 Å². The number of sulfonamides is 1. The number of nitrogens with one attached hydrogen (secondary N) is 2. The van der Waals surface area contributed by atoms with Crippen molar-refractivity contribution in [1.82, 2.24) is 14.5 Å². The molecule has 0 spiro atoms. The van der Waals surface area contributed by atoms with Gasteiger partial charge in [-0.3, -0.25) is 10.1 Å². The molecule has 210 valence electrons. The Morgan fingerprint density at radius 3 is 1.95 bits per heavy atom. The second-order valence-corrected chi connectivity index (χ2v) is 12.1. The zero-order valence-electron chi connectivity index (χ0n) is 22.1. The summed E-state index contributed by atoms with van der Waals surface area (Å²) in [5.74, 6) is 0. The maximum atomic E-state index is 12.9. The summed E-state index contributed by atoms with van der Waals surface area (Å²) in [4.78, 5) is 15.4. The zero-order chi connectivity index (χ0) is 28.6. The van der Waals surface area contributed by atoms with Gasteiger partial charge in [-0.25, -0.2) is 13.1 Å². The predicted molar refractivity (Wildman–Crippen MR) is 157 cm³/mol. The monoisotopic (exact) mass is 593 g/mol. The first-order valence-electron chi connectivity index (χ1n) is 12.3. The largest absolute Gasteiger partial charge is 0.369 e. The van der Waals surface area contributed by atoms with E-state index in [9.17, 15) is 18.5 Å². The van der Waals surface area contributed by atoms with Crippen LogP contribution in [0, 0.1) is 10.1 Å². The number of nitro benzene ring substituents is 1. The molecule has 0 aliphatic carbocycles. The predicted octanol–water partition coefficient (Wildman–Crippen LogP) is 5.26. The molecule has 2 N–H and O–H groups in total. The summed E-state index contributed by atoms with van der Waals surface area (Å²) >= 11 is 12.1. The highest BCUT2D eigenvalue weighted by atomic mass is 35.5. The molecule has 39 heavy (non-hydrogen) atoms. The Morgan fingerprint density at radius 2 is 1.44 bits per heavy atom. The lowest BCUT2D eigenvalue weighted by Crippen LogP contribution is -2.34. The first-order valence-corrected chi connectivity index (χ1v) is 14.6. The van der Waals surface area contributed by atoms with Crippen LogP contribution in [-0.2, 0) is 10.0 Å². The van der Waals surface area contributed by atoms with Crippen LogP contribution in [0.5, 0.6) is 0 Å². The molecule has 3 rings (SSSR count). The van der Waals surface area contributed by atoms with Crippen LogP contribution in [0.3, 0.4) is 0 Å². The molecule has 0 atom stereocenters. The van der Waals surface area contributed by atoms with Crippen LogP contribution >= 0.6 is 23.2 Å². The van der Waals surface area contributed by atoms with Crippen molar-refractivity contribution < 1.29 is 13.3 Å². The minimum atomic E-state index is -3.95. The van der Waals surface area contributed by atoms with E-state index in [1.165, 1.54) is 12.1 Å². The van der Waals surface area contributed by atoms with Crippen LogP contribution in [0.2, 0.25) is 10.0 Å². The van der Waals surface area contributed by atoms with E-state index in [0.29, 0.717) is 16.6 Å². The number of benzene rings is 3. The van der Waals surface area contributed by atoms with Crippen LogP contribution in [0.1, 0.15) is 23.6 Å². The topological polar surface area (TPSA) is 108 Å². The van der Waals surface area contributed by atoms with Crippen LogP contribution in [0.4, 0.5) is 11.4 Å². The van der Waals surface area contributed by atoms with Gasteiger partial charge in [0.1, 0.15) is 5.69 Å². The summed E-state index contributed by atoms with van der Waals surface area (Å²) in [7, 11) is 1.98. The van der Waals surface area contributed by atoms with Crippen molar-refractivity contribution in [2.45, 2.75) is 17.4 Å². The summed E-state index contributed by atoms with van der Waals surface area (Å²) in [6, 6.07) is 17.6. The average Bonchev–Trinajstić information content (AvgIpc) is 2.88. The summed E-state index contributed by atoms with van der Waals surface area (Å²) in [6.07, 6.45) is 0.962. The number of halogens is 2. The van der Waals surface area contributed by atoms with E-state index in [4.69, 9.17) is 23.2 Å². The molecule has 0 bridgehead atoms. The Kier molecular flexibility index (Phi) is 11.1. The summed E-state index contributed by atoms with van der Waals surface area (Å²) in [5, 5.41) is 16.3. The van der Waals surface area contributed by atoms with Crippen LogP contribution in [0.15, 0.2) is 71.6 Å². The Labute approximate surface area is 239 Å². The van der Waals surface area contributed by atoms with E-state index in [1.807, 2.05) is 50.3 Å². The molecule has 0 saturated heterocycles. The van der Waals surface area contributed by atoms with Gasteiger partial charge < -0.3 is 15.1 Å². The zero-order valence-corrected chi connectivity index (χ0v) is 24.4. The van der Waals surface area contributed by atoms with Gasteiger partial charge in [0, 0.05) is 29.2 Å². The van der Waals surface area contributed by atoms with Gasteiger partial charge in [-0.05, 0) is 88.2 Å². The number of nitrogens with zero attached hydrogens (tertiary/aromatic N) is 3. The molecular weight excluding hydrogens is 561 g/mol. The Bertz CT molecular complexity index is 1310. The van der Waals surface area contributed by atoms with Gasteiger partial charge >= 0.3 is 0 Å². The number of hydrogen-bond donors (Lipinski definition) is 2. The Morgan fingerprint density at radius 1 is 0.872 bits per heavy atom. The summed E-state index contributed by atoms with van der Waals surface area (Å²) in [6.45, 7) is 2.47. The first kappa shape index (κ1) is 30.8. The minimum absolute atomic E-state index is 0.175. The number of rotatable bonds is 14.